The zero-order valence-electron chi connectivity index (χ0n) is 15.7. The van der Waals surface area contributed by atoms with E-state index in [1.165, 1.54) is 44.5 Å². The number of rotatable bonds is 0. The first-order valence-electron chi connectivity index (χ1n) is 9.88. The Morgan fingerprint density at radius 1 is 0.667 bits per heavy atom. The SMILES string of the molecule is Cc1ccc2c(c1)C1(c3cc(C)ccc3-2)c2ccccc2C2C=CC=CC21. The maximum absolute atomic E-state index is 2.45. The molecule has 3 aliphatic rings. The Balaban J connectivity index is 1.81. The third kappa shape index (κ3) is 1.74. The average Bonchev–Trinajstić information content (AvgIpc) is 3.14. The van der Waals surface area contributed by atoms with Crippen molar-refractivity contribution in [2.45, 2.75) is 25.2 Å². The Morgan fingerprint density at radius 3 is 2.00 bits per heavy atom. The molecule has 2 unspecified atom stereocenters. The second kappa shape index (κ2) is 5.10. The lowest BCUT2D eigenvalue weighted by molar-refractivity contribution is 0.465. The molecule has 0 saturated heterocycles. The van der Waals surface area contributed by atoms with Crippen LogP contribution in [0.25, 0.3) is 11.1 Å². The highest BCUT2D eigenvalue weighted by atomic mass is 14.6. The van der Waals surface area contributed by atoms with Gasteiger partial charge in [-0.15, -0.1) is 0 Å². The van der Waals surface area contributed by atoms with E-state index in [4.69, 9.17) is 0 Å². The summed E-state index contributed by atoms with van der Waals surface area (Å²) in [5.74, 6) is 0.884. The summed E-state index contributed by atoms with van der Waals surface area (Å²) in [6.45, 7) is 4.44. The molecule has 0 heteroatoms. The van der Waals surface area contributed by atoms with Gasteiger partial charge in [0.2, 0.25) is 0 Å². The van der Waals surface area contributed by atoms with E-state index in [0.29, 0.717) is 11.8 Å². The van der Waals surface area contributed by atoms with Gasteiger partial charge >= 0.3 is 0 Å². The minimum Gasteiger partial charge on any atom is -0.0789 e. The van der Waals surface area contributed by atoms with Gasteiger partial charge in [0, 0.05) is 11.8 Å². The topological polar surface area (TPSA) is 0 Å². The van der Waals surface area contributed by atoms with Crippen LogP contribution in [0.15, 0.2) is 85.0 Å². The van der Waals surface area contributed by atoms with Gasteiger partial charge in [-0.1, -0.05) is 96.1 Å². The zero-order chi connectivity index (χ0) is 18.2. The van der Waals surface area contributed by atoms with E-state index in [1.54, 1.807) is 0 Å². The van der Waals surface area contributed by atoms with Gasteiger partial charge in [-0.25, -0.2) is 0 Å². The van der Waals surface area contributed by atoms with E-state index in [9.17, 15) is 0 Å². The molecule has 1 spiro atoms. The Morgan fingerprint density at radius 2 is 1.30 bits per heavy atom. The first-order chi connectivity index (χ1) is 13.2. The van der Waals surface area contributed by atoms with Crippen molar-refractivity contribution in [3.8, 4) is 11.1 Å². The number of fused-ring (bicyclic) bond motifs is 10. The second-order valence-corrected chi connectivity index (χ2v) is 8.31. The number of hydrogen-bond donors (Lipinski definition) is 0. The van der Waals surface area contributed by atoms with E-state index in [2.05, 4.69) is 98.8 Å². The molecule has 3 aliphatic carbocycles. The smallest absolute Gasteiger partial charge is 0.0538 e. The molecule has 6 rings (SSSR count). The molecule has 0 aliphatic heterocycles. The lowest BCUT2D eigenvalue weighted by atomic mass is 9.65. The van der Waals surface area contributed by atoms with Gasteiger partial charge in [-0.05, 0) is 47.2 Å². The summed E-state index contributed by atoms with van der Waals surface area (Å²) in [5, 5.41) is 0. The highest BCUT2D eigenvalue weighted by Crippen LogP contribution is 2.65. The molecule has 2 atom stereocenters. The number of benzene rings is 3. The summed E-state index contributed by atoms with van der Waals surface area (Å²) in [5.41, 5.74) is 11.4. The largest absolute Gasteiger partial charge is 0.0789 e. The van der Waals surface area contributed by atoms with Crippen molar-refractivity contribution in [3.63, 3.8) is 0 Å². The average molecular weight is 346 g/mol. The van der Waals surface area contributed by atoms with Crippen LogP contribution in [-0.2, 0) is 5.41 Å². The van der Waals surface area contributed by atoms with Crippen molar-refractivity contribution in [1.29, 1.82) is 0 Å². The first kappa shape index (κ1) is 15.2. The van der Waals surface area contributed by atoms with Crippen LogP contribution < -0.4 is 0 Å². The molecule has 3 aromatic rings. The molecule has 0 bridgehead atoms. The summed E-state index contributed by atoms with van der Waals surface area (Å²) in [6, 6.07) is 23.2. The van der Waals surface area contributed by atoms with Gasteiger partial charge in [0.1, 0.15) is 0 Å². The summed E-state index contributed by atoms with van der Waals surface area (Å²) < 4.78 is 0. The van der Waals surface area contributed by atoms with Crippen molar-refractivity contribution in [2.75, 3.05) is 0 Å². The van der Waals surface area contributed by atoms with Crippen molar-refractivity contribution in [1.82, 2.24) is 0 Å². The molecular weight excluding hydrogens is 324 g/mol. The third-order valence-electron chi connectivity index (χ3n) is 6.87. The maximum Gasteiger partial charge on any atom is 0.0538 e. The Hall–Kier alpha value is -2.86. The van der Waals surface area contributed by atoms with E-state index >= 15 is 0 Å². The lowest BCUT2D eigenvalue weighted by Crippen LogP contribution is -2.33. The number of allylic oxidation sites excluding steroid dienone is 4. The van der Waals surface area contributed by atoms with Crippen molar-refractivity contribution < 1.29 is 0 Å². The van der Waals surface area contributed by atoms with Crippen molar-refractivity contribution in [2.24, 2.45) is 5.92 Å². The lowest BCUT2D eigenvalue weighted by Gasteiger charge is -2.36. The predicted octanol–water partition coefficient (Wildman–Crippen LogP) is 6.46. The van der Waals surface area contributed by atoms with Crippen molar-refractivity contribution in [3.05, 3.63) is 118 Å². The number of aryl methyl sites for hydroxylation is 2. The Kier molecular flexibility index (Phi) is 2.88. The molecular formula is C27H22. The molecule has 0 aromatic heterocycles. The van der Waals surface area contributed by atoms with Gasteiger partial charge in [0.05, 0.1) is 5.41 Å². The Labute approximate surface area is 160 Å². The van der Waals surface area contributed by atoms with Crippen LogP contribution in [-0.4, -0.2) is 0 Å². The molecule has 130 valence electrons. The van der Waals surface area contributed by atoms with E-state index in [-0.39, 0.29) is 5.41 Å². The molecule has 0 nitrogen and oxygen atoms in total. The summed E-state index contributed by atoms with van der Waals surface area (Å²) in [7, 11) is 0. The zero-order valence-corrected chi connectivity index (χ0v) is 15.7. The van der Waals surface area contributed by atoms with E-state index in [0.717, 1.165) is 0 Å². The molecule has 3 aromatic carbocycles. The van der Waals surface area contributed by atoms with Gasteiger partial charge in [-0.3, -0.25) is 0 Å². The highest BCUT2D eigenvalue weighted by Gasteiger charge is 2.56. The fourth-order valence-corrected chi connectivity index (χ4v) is 5.88. The van der Waals surface area contributed by atoms with Crippen LogP contribution in [0.3, 0.4) is 0 Å². The molecule has 0 N–H and O–H groups in total. The van der Waals surface area contributed by atoms with Crippen LogP contribution in [0, 0.1) is 19.8 Å². The quantitative estimate of drug-likeness (QED) is 0.438. The van der Waals surface area contributed by atoms with Gasteiger partial charge < -0.3 is 0 Å². The third-order valence-corrected chi connectivity index (χ3v) is 6.87. The molecule has 0 heterocycles. The fraction of sp³-hybridized carbons (Fsp3) is 0.185. The van der Waals surface area contributed by atoms with Gasteiger partial charge in [0.25, 0.3) is 0 Å². The second-order valence-electron chi connectivity index (χ2n) is 8.31. The van der Waals surface area contributed by atoms with Crippen LogP contribution >= 0.6 is 0 Å². The van der Waals surface area contributed by atoms with E-state index in [1.807, 2.05) is 0 Å². The Bertz CT molecular complexity index is 1110. The predicted molar refractivity (Wildman–Crippen MR) is 112 cm³/mol. The molecule has 0 amide bonds. The standard InChI is InChI=1S/C27H22/c1-17-11-13-21-22-14-12-18(2)16-26(22)27(25(21)15-17)23-9-5-3-7-19(23)20-8-4-6-10-24(20)27/h3-16,19,23H,1-2H3. The van der Waals surface area contributed by atoms with Crippen molar-refractivity contribution >= 4 is 0 Å². The van der Waals surface area contributed by atoms with Crippen LogP contribution in [0.5, 0.6) is 0 Å². The van der Waals surface area contributed by atoms with Crippen LogP contribution in [0.2, 0.25) is 0 Å². The van der Waals surface area contributed by atoms with Gasteiger partial charge in [0.15, 0.2) is 0 Å². The summed E-state index contributed by atoms with van der Waals surface area (Å²) in [4.78, 5) is 0. The molecule has 0 saturated carbocycles. The van der Waals surface area contributed by atoms with Gasteiger partial charge in [-0.2, -0.15) is 0 Å². The number of hydrogen-bond acceptors (Lipinski definition) is 0. The highest BCUT2D eigenvalue weighted by molar-refractivity contribution is 5.86. The summed E-state index contributed by atoms with van der Waals surface area (Å²) >= 11 is 0. The molecule has 27 heavy (non-hydrogen) atoms. The summed E-state index contributed by atoms with van der Waals surface area (Å²) in [6.07, 6.45) is 9.33. The minimum absolute atomic E-state index is 0.0781. The maximum atomic E-state index is 2.45. The minimum atomic E-state index is -0.0781. The van der Waals surface area contributed by atoms with Crippen LogP contribution in [0.1, 0.15) is 39.3 Å². The van der Waals surface area contributed by atoms with Crippen LogP contribution in [0.4, 0.5) is 0 Å². The molecule has 0 radical (unpaired) electrons. The normalized spacial score (nSPS) is 22.4. The van der Waals surface area contributed by atoms with E-state index < -0.39 is 0 Å². The fourth-order valence-electron chi connectivity index (χ4n) is 5.88. The first-order valence-corrected chi connectivity index (χ1v) is 9.88. The molecule has 0 fully saturated rings. The monoisotopic (exact) mass is 346 g/mol.